The zero-order valence-corrected chi connectivity index (χ0v) is 27.5. The van der Waals surface area contributed by atoms with Gasteiger partial charge >= 0.3 is 43.0 Å². The fraction of sp³-hybridized carbons (Fsp3) is 0.243. The minimum absolute atomic E-state index is 0. The minimum atomic E-state index is -0.962. The average molecular weight is 661 g/mol. The molecule has 49 heavy (non-hydrogen) atoms. The van der Waals surface area contributed by atoms with Crippen LogP contribution in [0.2, 0.25) is 0 Å². The summed E-state index contributed by atoms with van der Waals surface area (Å²) in [6.45, 7) is 2.49. The van der Waals surface area contributed by atoms with E-state index >= 15 is 0 Å². The van der Waals surface area contributed by atoms with Crippen LogP contribution in [0.15, 0.2) is 97.1 Å². The number of carboxylic acid groups (broad SMARTS) is 1. The molecule has 250 valence electrons. The Morgan fingerprint density at radius 1 is 0.633 bits per heavy atom. The maximum Gasteiger partial charge on any atom is 1.00 e. The van der Waals surface area contributed by atoms with E-state index in [2.05, 4.69) is 0 Å². The van der Waals surface area contributed by atoms with Gasteiger partial charge in [0.25, 0.3) is 0 Å². The molecule has 4 aromatic rings. The molecule has 2 aliphatic rings. The van der Waals surface area contributed by atoms with E-state index < -0.39 is 5.97 Å². The van der Waals surface area contributed by atoms with Gasteiger partial charge in [-0.05, 0) is 70.5 Å². The number of aromatic carboxylic acids is 1. The van der Waals surface area contributed by atoms with Crippen molar-refractivity contribution in [3.8, 4) is 0 Å². The molecular formula is C37H37LiN2O9. The summed E-state index contributed by atoms with van der Waals surface area (Å²) in [6, 6.07) is 29.6. The fourth-order valence-electron chi connectivity index (χ4n) is 5.42. The number of hydrogen-bond donors (Lipinski definition) is 1. The number of carboxylic acids is 1. The number of carbonyl (C=O) groups excluding carboxylic acids is 3. The molecule has 2 heterocycles. The second-order valence-electron chi connectivity index (χ2n) is 11.2. The molecule has 0 fully saturated rings. The number of carbonyl (C=O) groups is 4. The predicted molar refractivity (Wildman–Crippen MR) is 175 cm³/mol. The first-order chi connectivity index (χ1) is 22.8. The molecule has 0 aromatic heterocycles. The summed E-state index contributed by atoms with van der Waals surface area (Å²) in [6.07, 6.45) is 0.737. The van der Waals surface area contributed by atoms with Gasteiger partial charge in [-0.2, -0.15) is 0 Å². The van der Waals surface area contributed by atoms with E-state index in [1.54, 1.807) is 34.1 Å². The van der Waals surface area contributed by atoms with E-state index in [-0.39, 0.29) is 61.3 Å². The van der Waals surface area contributed by atoms with Crippen LogP contribution in [0, 0.1) is 0 Å². The Bertz CT molecular complexity index is 1730. The third-order valence-electron chi connectivity index (χ3n) is 8.03. The van der Waals surface area contributed by atoms with Crippen molar-refractivity contribution in [2.24, 2.45) is 0 Å². The van der Waals surface area contributed by atoms with E-state index in [9.17, 15) is 19.2 Å². The van der Waals surface area contributed by atoms with E-state index in [1.807, 2.05) is 72.8 Å². The topological polar surface area (TPSA) is 153 Å². The smallest absolute Gasteiger partial charge is 0.870 e. The van der Waals surface area contributed by atoms with Gasteiger partial charge in [0.05, 0.1) is 18.2 Å². The molecule has 0 atom stereocenters. The fourth-order valence-corrected chi connectivity index (χ4v) is 5.42. The summed E-state index contributed by atoms with van der Waals surface area (Å²) < 4.78 is 15.5. The summed E-state index contributed by atoms with van der Waals surface area (Å²) in [7, 11) is 1.36. The quantitative estimate of drug-likeness (QED) is 0.187. The maximum absolute atomic E-state index is 12.3. The van der Waals surface area contributed by atoms with Crippen LogP contribution in [0.4, 0.5) is 9.59 Å². The van der Waals surface area contributed by atoms with Gasteiger partial charge in [0.15, 0.2) is 0 Å². The largest absolute Gasteiger partial charge is 1.00 e. The molecule has 0 aliphatic carbocycles. The van der Waals surface area contributed by atoms with E-state index in [4.69, 9.17) is 19.3 Å². The van der Waals surface area contributed by atoms with E-state index in [0.29, 0.717) is 38.2 Å². The molecule has 6 rings (SSSR count). The predicted octanol–water partition coefficient (Wildman–Crippen LogP) is 3.08. The molecule has 4 aromatic carbocycles. The van der Waals surface area contributed by atoms with Crippen LogP contribution in [0.3, 0.4) is 0 Å². The average Bonchev–Trinajstić information content (AvgIpc) is 3.12. The molecule has 12 heteroatoms. The summed E-state index contributed by atoms with van der Waals surface area (Å²) in [5.41, 5.74) is 6.69. The Morgan fingerprint density at radius 2 is 1.06 bits per heavy atom. The Balaban J connectivity index is 0.000000255. The van der Waals surface area contributed by atoms with Gasteiger partial charge < -0.3 is 34.6 Å². The number of ether oxygens (including phenoxy) is 3. The molecule has 2 N–H and O–H groups in total. The molecule has 0 unspecified atom stereocenters. The molecule has 0 radical (unpaired) electrons. The van der Waals surface area contributed by atoms with Crippen molar-refractivity contribution in [2.75, 3.05) is 20.2 Å². The number of benzene rings is 4. The Labute approximate surface area is 296 Å². The first kappa shape index (κ1) is 38.4. The molecule has 0 saturated heterocycles. The zero-order valence-electron chi connectivity index (χ0n) is 27.5. The molecule has 0 spiro atoms. The van der Waals surface area contributed by atoms with Crippen molar-refractivity contribution in [1.82, 2.24) is 9.80 Å². The second-order valence-corrected chi connectivity index (χ2v) is 11.2. The van der Waals surface area contributed by atoms with Crippen molar-refractivity contribution >= 4 is 24.1 Å². The molecule has 2 aliphatic heterocycles. The van der Waals surface area contributed by atoms with Crippen LogP contribution >= 0.6 is 0 Å². The van der Waals surface area contributed by atoms with Gasteiger partial charge in [0.2, 0.25) is 0 Å². The van der Waals surface area contributed by atoms with E-state index in [1.165, 1.54) is 7.11 Å². The van der Waals surface area contributed by atoms with Crippen LogP contribution in [-0.4, -0.2) is 64.7 Å². The number of amides is 2. The normalized spacial score (nSPS) is 12.7. The molecular weight excluding hydrogens is 623 g/mol. The van der Waals surface area contributed by atoms with Crippen LogP contribution in [0.25, 0.3) is 0 Å². The number of nitrogens with zero attached hydrogens (tertiary/aromatic N) is 2. The summed E-state index contributed by atoms with van der Waals surface area (Å²) in [4.78, 5) is 50.4. The van der Waals surface area contributed by atoms with Gasteiger partial charge in [-0.25, -0.2) is 19.2 Å². The number of fused-ring (bicyclic) bond motifs is 2. The Morgan fingerprint density at radius 3 is 1.49 bits per heavy atom. The summed E-state index contributed by atoms with van der Waals surface area (Å²) >= 11 is 0. The number of methoxy groups -OCH3 is 1. The van der Waals surface area contributed by atoms with Gasteiger partial charge in [-0.15, -0.1) is 0 Å². The van der Waals surface area contributed by atoms with Gasteiger partial charge in [-0.1, -0.05) is 72.8 Å². The molecule has 11 nitrogen and oxygen atoms in total. The van der Waals surface area contributed by atoms with Crippen molar-refractivity contribution in [2.45, 2.75) is 39.1 Å². The monoisotopic (exact) mass is 660 g/mol. The second kappa shape index (κ2) is 18.5. The number of rotatable bonds is 6. The van der Waals surface area contributed by atoms with Crippen molar-refractivity contribution < 1.29 is 62.8 Å². The van der Waals surface area contributed by atoms with Crippen LogP contribution in [0.5, 0.6) is 0 Å². The van der Waals surface area contributed by atoms with Crippen LogP contribution in [-0.2, 0) is 53.4 Å². The standard InChI is InChI=1S/C19H19NO4.C18H17NO4.Li.H2O/c1-23-18(21)16-8-7-15-9-10-20(12-17(15)11-16)19(22)24-13-14-5-3-2-4-6-14;20-17(21)15-7-6-14-8-9-19(11-16(14)10-15)18(22)23-12-13-4-2-1-3-5-13;;/h2-8,11H,9-10,12-13H2,1H3;1-7,10H,8-9,11-12H2,(H,20,21);;1H2/q;;+1;/p-1. The summed E-state index contributed by atoms with van der Waals surface area (Å²) in [5, 5.41) is 9.07. The third kappa shape index (κ3) is 10.5. The number of hydrogen-bond acceptors (Lipinski definition) is 8. The third-order valence-corrected chi connectivity index (χ3v) is 8.03. The zero-order chi connectivity index (χ0) is 33.2. The van der Waals surface area contributed by atoms with Crippen LogP contribution in [0.1, 0.15) is 54.1 Å². The number of esters is 1. The van der Waals surface area contributed by atoms with Gasteiger partial charge in [0.1, 0.15) is 13.2 Å². The summed E-state index contributed by atoms with van der Waals surface area (Å²) in [5.74, 6) is -1.34. The maximum atomic E-state index is 12.3. The van der Waals surface area contributed by atoms with E-state index in [0.717, 1.165) is 39.8 Å². The minimum Gasteiger partial charge on any atom is -0.870 e. The SMILES string of the molecule is COC(=O)c1ccc2c(c1)CN(C(=O)OCc1ccccc1)CC2.O=C(O)c1ccc2c(c1)CN(C(=O)OCc1ccccc1)CC2.[Li+].[OH-]. The van der Waals surface area contributed by atoms with Crippen molar-refractivity contribution in [3.63, 3.8) is 0 Å². The Kier molecular flexibility index (Phi) is 14.5. The van der Waals surface area contributed by atoms with Crippen LogP contribution < -0.4 is 18.9 Å². The molecule has 0 bridgehead atoms. The van der Waals surface area contributed by atoms with Crippen molar-refractivity contribution in [1.29, 1.82) is 0 Å². The first-order valence-electron chi connectivity index (χ1n) is 15.3. The van der Waals surface area contributed by atoms with Gasteiger partial charge in [-0.3, -0.25) is 0 Å². The molecule has 0 saturated carbocycles. The molecule has 2 amide bonds. The Hall–Kier alpha value is -5.08. The van der Waals surface area contributed by atoms with Crippen molar-refractivity contribution in [3.05, 3.63) is 142 Å². The first-order valence-corrected chi connectivity index (χ1v) is 15.3. The van der Waals surface area contributed by atoms with Gasteiger partial charge in [0, 0.05) is 26.2 Å².